The minimum absolute atomic E-state index is 0.124. The number of rotatable bonds is 5. The second-order valence-electron chi connectivity index (χ2n) is 5.80. The van der Waals surface area contributed by atoms with Crippen molar-refractivity contribution in [2.75, 3.05) is 7.05 Å². The number of amides is 1. The largest absolute Gasteiger partial charge is 0.337 e. The van der Waals surface area contributed by atoms with Gasteiger partial charge in [-0.15, -0.1) is 11.3 Å². The van der Waals surface area contributed by atoms with Crippen LogP contribution >= 0.6 is 11.3 Å². The van der Waals surface area contributed by atoms with Gasteiger partial charge in [-0.3, -0.25) is 4.79 Å². The molecular formula is C20H21NOS. The highest BCUT2D eigenvalue weighted by Gasteiger charge is 2.20. The Kier molecular flexibility index (Phi) is 4.77. The molecule has 23 heavy (non-hydrogen) atoms. The van der Waals surface area contributed by atoms with Gasteiger partial charge in [0.05, 0.1) is 4.88 Å². The van der Waals surface area contributed by atoms with Gasteiger partial charge >= 0.3 is 0 Å². The summed E-state index contributed by atoms with van der Waals surface area (Å²) in [5, 5.41) is 1.23. The van der Waals surface area contributed by atoms with E-state index in [-0.39, 0.29) is 5.91 Å². The summed E-state index contributed by atoms with van der Waals surface area (Å²) in [7, 11) is 1.88. The minimum atomic E-state index is 0.124. The minimum Gasteiger partial charge on any atom is -0.337 e. The molecule has 3 rings (SSSR count). The van der Waals surface area contributed by atoms with Crippen molar-refractivity contribution in [2.45, 2.75) is 26.3 Å². The van der Waals surface area contributed by atoms with Gasteiger partial charge in [0, 0.05) is 18.3 Å². The van der Waals surface area contributed by atoms with Crippen molar-refractivity contribution >= 4 is 27.3 Å². The number of carbonyl (C=O) groups excluding carboxylic acids is 1. The van der Waals surface area contributed by atoms with E-state index in [0.29, 0.717) is 6.54 Å². The summed E-state index contributed by atoms with van der Waals surface area (Å²) in [6.07, 6.45) is 1.99. The second kappa shape index (κ2) is 6.97. The number of aryl methyl sites for hydroxylation is 1. The third-order valence-corrected chi connectivity index (χ3v) is 5.20. The summed E-state index contributed by atoms with van der Waals surface area (Å²) in [5.74, 6) is 0.124. The smallest absolute Gasteiger partial charge is 0.264 e. The maximum absolute atomic E-state index is 13.0. The van der Waals surface area contributed by atoms with Crippen LogP contribution < -0.4 is 0 Å². The molecule has 0 bridgehead atoms. The van der Waals surface area contributed by atoms with Crippen molar-refractivity contribution in [1.82, 2.24) is 4.90 Å². The van der Waals surface area contributed by atoms with Crippen LogP contribution in [0, 0.1) is 0 Å². The standard InChI is InChI=1S/C20H21NOS/c1-3-9-17-16-12-7-8-13-18(16)23-19(17)20(22)21(2)14-15-10-5-4-6-11-15/h4-8,10-13H,3,9,14H2,1-2H3. The van der Waals surface area contributed by atoms with Crippen LogP contribution in [0.3, 0.4) is 0 Å². The Hall–Kier alpha value is -2.13. The lowest BCUT2D eigenvalue weighted by Crippen LogP contribution is -2.26. The number of hydrogen-bond acceptors (Lipinski definition) is 2. The molecule has 2 aromatic carbocycles. The lowest BCUT2D eigenvalue weighted by molar-refractivity contribution is 0.0789. The van der Waals surface area contributed by atoms with Crippen LogP contribution in [-0.4, -0.2) is 17.9 Å². The Bertz CT molecular complexity index is 807. The first-order valence-corrected chi connectivity index (χ1v) is 8.82. The van der Waals surface area contributed by atoms with Gasteiger partial charge < -0.3 is 4.90 Å². The second-order valence-corrected chi connectivity index (χ2v) is 6.85. The third kappa shape index (κ3) is 3.30. The summed E-state index contributed by atoms with van der Waals surface area (Å²) >= 11 is 1.62. The van der Waals surface area contributed by atoms with Crippen LogP contribution in [0.2, 0.25) is 0 Å². The van der Waals surface area contributed by atoms with Crippen LogP contribution in [0.1, 0.15) is 34.1 Å². The highest BCUT2D eigenvalue weighted by Crippen LogP contribution is 2.33. The van der Waals surface area contributed by atoms with E-state index < -0.39 is 0 Å². The summed E-state index contributed by atoms with van der Waals surface area (Å²) in [5.41, 5.74) is 2.36. The first-order chi connectivity index (χ1) is 11.2. The molecule has 0 unspecified atom stereocenters. The van der Waals surface area contributed by atoms with E-state index in [1.165, 1.54) is 15.6 Å². The molecule has 0 aliphatic rings. The van der Waals surface area contributed by atoms with Gasteiger partial charge in [-0.2, -0.15) is 0 Å². The molecule has 0 N–H and O–H groups in total. The zero-order valence-electron chi connectivity index (χ0n) is 13.6. The first kappa shape index (κ1) is 15.8. The van der Waals surface area contributed by atoms with E-state index in [0.717, 1.165) is 23.3 Å². The highest BCUT2D eigenvalue weighted by atomic mass is 32.1. The normalized spacial score (nSPS) is 10.9. The van der Waals surface area contributed by atoms with Crippen molar-refractivity contribution in [3.63, 3.8) is 0 Å². The average molecular weight is 323 g/mol. The Balaban J connectivity index is 1.92. The highest BCUT2D eigenvalue weighted by molar-refractivity contribution is 7.21. The zero-order chi connectivity index (χ0) is 16.2. The molecule has 1 amide bonds. The molecule has 118 valence electrons. The van der Waals surface area contributed by atoms with Gasteiger partial charge in [0.1, 0.15) is 0 Å². The van der Waals surface area contributed by atoms with Crippen LogP contribution in [0.15, 0.2) is 54.6 Å². The molecule has 3 aromatic rings. The molecule has 0 aliphatic heterocycles. The summed E-state index contributed by atoms with van der Waals surface area (Å²) in [6.45, 7) is 2.80. The van der Waals surface area contributed by atoms with Crippen LogP contribution in [0.4, 0.5) is 0 Å². The Morgan fingerprint density at radius 3 is 2.48 bits per heavy atom. The molecule has 2 nitrogen and oxygen atoms in total. The zero-order valence-corrected chi connectivity index (χ0v) is 14.4. The van der Waals surface area contributed by atoms with Crippen LogP contribution in [-0.2, 0) is 13.0 Å². The van der Waals surface area contributed by atoms with E-state index in [2.05, 4.69) is 37.3 Å². The van der Waals surface area contributed by atoms with Gasteiger partial charge in [0.2, 0.25) is 0 Å². The Morgan fingerprint density at radius 2 is 1.74 bits per heavy atom. The molecule has 0 atom stereocenters. The molecule has 0 saturated carbocycles. The maximum Gasteiger partial charge on any atom is 0.264 e. The van der Waals surface area contributed by atoms with Gasteiger partial charge in [-0.25, -0.2) is 0 Å². The molecular weight excluding hydrogens is 302 g/mol. The number of thiophene rings is 1. The monoisotopic (exact) mass is 323 g/mol. The maximum atomic E-state index is 13.0. The summed E-state index contributed by atoms with van der Waals surface area (Å²) in [4.78, 5) is 15.7. The van der Waals surface area contributed by atoms with Gasteiger partial charge in [-0.05, 0) is 29.0 Å². The fraction of sp³-hybridized carbons (Fsp3) is 0.250. The average Bonchev–Trinajstić information content (AvgIpc) is 2.94. The van der Waals surface area contributed by atoms with E-state index >= 15 is 0 Å². The molecule has 3 heteroatoms. The van der Waals surface area contributed by atoms with Crippen molar-refractivity contribution < 1.29 is 4.79 Å². The Labute approximate surface area is 141 Å². The molecule has 0 fully saturated rings. The van der Waals surface area contributed by atoms with Crippen LogP contribution in [0.25, 0.3) is 10.1 Å². The van der Waals surface area contributed by atoms with Crippen molar-refractivity contribution in [2.24, 2.45) is 0 Å². The summed E-state index contributed by atoms with van der Waals surface area (Å²) in [6, 6.07) is 18.5. The van der Waals surface area contributed by atoms with Crippen molar-refractivity contribution in [1.29, 1.82) is 0 Å². The number of benzene rings is 2. The fourth-order valence-electron chi connectivity index (χ4n) is 2.87. The van der Waals surface area contributed by atoms with E-state index in [4.69, 9.17) is 0 Å². The van der Waals surface area contributed by atoms with E-state index in [9.17, 15) is 4.79 Å². The van der Waals surface area contributed by atoms with Gasteiger partial charge in [0.15, 0.2) is 0 Å². The number of nitrogens with zero attached hydrogens (tertiary/aromatic N) is 1. The molecule has 0 spiro atoms. The SMILES string of the molecule is CCCc1c(C(=O)N(C)Cc2ccccc2)sc2ccccc12. The van der Waals surface area contributed by atoms with E-state index in [1.54, 1.807) is 11.3 Å². The van der Waals surface area contributed by atoms with Crippen LogP contribution in [0.5, 0.6) is 0 Å². The molecule has 1 heterocycles. The van der Waals surface area contributed by atoms with Gasteiger partial charge in [-0.1, -0.05) is 61.9 Å². The molecule has 0 saturated heterocycles. The number of hydrogen-bond donors (Lipinski definition) is 0. The number of fused-ring (bicyclic) bond motifs is 1. The molecule has 0 aliphatic carbocycles. The third-order valence-electron chi connectivity index (χ3n) is 4.00. The number of carbonyl (C=O) groups is 1. The summed E-state index contributed by atoms with van der Waals surface area (Å²) < 4.78 is 1.20. The quantitative estimate of drug-likeness (QED) is 0.637. The molecule has 1 aromatic heterocycles. The van der Waals surface area contributed by atoms with Crippen molar-refractivity contribution in [3.8, 4) is 0 Å². The lowest BCUT2D eigenvalue weighted by Gasteiger charge is -2.17. The van der Waals surface area contributed by atoms with E-state index in [1.807, 2.05) is 36.2 Å². The van der Waals surface area contributed by atoms with Crippen molar-refractivity contribution in [3.05, 3.63) is 70.6 Å². The topological polar surface area (TPSA) is 20.3 Å². The molecule has 0 radical (unpaired) electrons. The van der Waals surface area contributed by atoms with Gasteiger partial charge in [0.25, 0.3) is 5.91 Å². The lowest BCUT2D eigenvalue weighted by atomic mass is 10.1. The first-order valence-electron chi connectivity index (χ1n) is 8.00. The predicted octanol–water partition coefficient (Wildman–Crippen LogP) is 5.13. The predicted molar refractivity (Wildman–Crippen MR) is 98.1 cm³/mol. The Morgan fingerprint density at radius 1 is 1.04 bits per heavy atom. The fourth-order valence-corrected chi connectivity index (χ4v) is 4.12.